The molecule has 1 heterocycles. The number of hydrogen-bond donors (Lipinski definition) is 1. The van der Waals surface area contributed by atoms with Gasteiger partial charge in [-0.3, -0.25) is 0 Å². The van der Waals surface area contributed by atoms with Gasteiger partial charge in [-0.15, -0.1) is 5.10 Å². The molecule has 2 aromatic carbocycles. The predicted molar refractivity (Wildman–Crippen MR) is 110 cm³/mol. The van der Waals surface area contributed by atoms with E-state index in [1.54, 1.807) is 22.9 Å². The lowest BCUT2D eigenvalue weighted by molar-refractivity contribution is 0.00755. The minimum absolute atomic E-state index is 0.262. The van der Waals surface area contributed by atoms with Gasteiger partial charge in [0.25, 0.3) is 0 Å². The molecule has 0 aliphatic carbocycles. The van der Waals surface area contributed by atoms with E-state index in [1.165, 1.54) is 0 Å². The topological polar surface area (TPSA) is 68.0 Å². The number of aryl methyl sites for hydroxylation is 1. The van der Waals surface area contributed by atoms with Crippen molar-refractivity contribution in [3.05, 3.63) is 82.4 Å². The van der Waals surface area contributed by atoms with E-state index in [4.69, 9.17) is 5.11 Å². The first kappa shape index (κ1) is 21.6. The summed E-state index contributed by atoms with van der Waals surface area (Å²) in [6.45, 7) is 3.22. The molecule has 0 fully saturated rings. The summed E-state index contributed by atoms with van der Waals surface area (Å²) in [5.74, 6) is -3.89. The minimum Gasteiger partial charge on any atom is -0.478 e. The van der Waals surface area contributed by atoms with Crippen molar-refractivity contribution in [2.75, 3.05) is 0 Å². The molecule has 7 heteroatoms. The molecule has 1 aromatic heterocycles. The highest BCUT2D eigenvalue weighted by molar-refractivity contribution is 5.87. The van der Waals surface area contributed by atoms with E-state index >= 15 is 0 Å². The van der Waals surface area contributed by atoms with Gasteiger partial charge in [-0.2, -0.15) is 8.78 Å². The number of benzene rings is 2. The van der Waals surface area contributed by atoms with Gasteiger partial charge in [0.2, 0.25) is 5.82 Å². The molecule has 0 spiro atoms. The molecule has 0 unspecified atom stereocenters. The van der Waals surface area contributed by atoms with E-state index in [9.17, 15) is 13.6 Å². The van der Waals surface area contributed by atoms with Gasteiger partial charge in [0.1, 0.15) is 5.82 Å². The molecule has 0 saturated heterocycles. The number of unbranched alkanes of at least 4 members (excludes halogenated alkanes) is 1. The van der Waals surface area contributed by atoms with E-state index in [2.05, 4.69) is 10.1 Å². The van der Waals surface area contributed by atoms with Crippen LogP contribution >= 0.6 is 0 Å². The zero-order valence-corrected chi connectivity index (χ0v) is 17.1. The molecule has 0 bridgehead atoms. The summed E-state index contributed by atoms with van der Waals surface area (Å²) in [6, 6.07) is 14.6. The summed E-state index contributed by atoms with van der Waals surface area (Å²) in [5, 5.41) is 13.2. The summed E-state index contributed by atoms with van der Waals surface area (Å²) in [6.07, 6.45) is 3.03. The third-order valence-corrected chi connectivity index (χ3v) is 4.83. The second-order valence-corrected chi connectivity index (χ2v) is 7.50. The van der Waals surface area contributed by atoms with Crippen LogP contribution in [0, 0.1) is 0 Å². The Hall–Kier alpha value is -3.09. The molecule has 158 valence electrons. The zero-order chi connectivity index (χ0) is 21.7. The number of rotatable bonds is 9. The average Bonchev–Trinajstić information content (AvgIpc) is 3.11. The predicted octanol–water partition coefficient (Wildman–Crippen LogP) is 5.07. The van der Waals surface area contributed by atoms with Gasteiger partial charge in [0.05, 0.1) is 12.1 Å². The van der Waals surface area contributed by atoms with Crippen LogP contribution in [-0.2, 0) is 25.3 Å². The number of carboxylic acid groups (broad SMARTS) is 1. The van der Waals surface area contributed by atoms with Crippen molar-refractivity contribution in [1.82, 2.24) is 14.8 Å². The number of halogens is 2. The Labute approximate surface area is 174 Å². The number of aromatic nitrogens is 3. The van der Waals surface area contributed by atoms with Gasteiger partial charge in [-0.05, 0) is 41.7 Å². The lowest BCUT2D eigenvalue weighted by atomic mass is 10.0. The van der Waals surface area contributed by atoms with E-state index in [1.807, 2.05) is 37.3 Å². The lowest BCUT2D eigenvalue weighted by Crippen LogP contribution is -2.11. The maximum Gasteiger partial charge on any atom is 0.335 e. The first-order chi connectivity index (χ1) is 14.3. The molecular weight excluding hydrogens is 388 g/mol. The monoisotopic (exact) mass is 413 g/mol. The maximum absolute atomic E-state index is 13.7. The van der Waals surface area contributed by atoms with Gasteiger partial charge in [-0.25, -0.2) is 14.5 Å². The molecule has 30 heavy (non-hydrogen) atoms. The Morgan fingerprint density at radius 3 is 2.43 bits per heavy atom. The Kier molecular flexibility index (Phi) is 6.59. The fourth-order valence-electron chi connectivity index (χ4n) is 3.19. The van der Waals surface area contributed by atoms with Crippen molar-refractivity contribution in [3.63, 3.8) is 0 Å². The molecule has 3 rings (SSSR count). The van der Waals surface area contributed by atoms with Crippen LogP contribution in [-0.4, -0.2) is 25.8 Å². The zero-order valence-electron chi connectivity index (χ0n) is 17.1. The second kappa shape index (κ2) is 9.15. The molecule has 0 aliphatic heterocycles. The lowest BCUT2D eigenvalue weighted by Gasteiger charge is -2.08. The fourth-order valence-corrected chi connectivity index (χ4v) is 3.19. The normalized spacial score (nSPS) is 11.6. The van der Waals surface area contributed by atoms with Crippen LogP contribution in [0.5, 0.6) is 0 Å². The van der Waals surface area contributed by atoms with Gasteiger partial charge in [0, 0.05) is 13.3 Å². The van der Waals surface area contributed by atoms with Crippen LogP contribution in [0.25, 0.3) is 0 Å². The van der Waals surface area contributed by atoms with Crippen molar-refractivity contribution in [3.8, 4) is 0 Å². The number of nitrogens with zero attached hydrogens (tertiary/aromatic N) is 3. The van der Waals surface area contributed by atoms with Gasteiger partial charge < -0.3 is 5.11 Å². The maximum atomic E-state index is 13.7. The standard InChI is InChI=1S/C23H25F2N3O2/c1-3-4-8-20-26-22(23(2,24)25)27-28(20)15-17-11-9-16(10-12-17)13-18-6-5-7-19(14-18)21(29)30/h5-7,9-12,14H,3-4,8,13,15H2,1-2H3,(H,29,30). The smallest absolute Gasteiger partial charge is 0.335 e. The van der Waals surface area contributed by atoms with E-state index in [0.29, 0.717) is 25.2 Å². The van der Waals surface area contributed by atoms with Crippen molar-refractivity contribution >= 4 is 5.97 Å². The molecule has 0 aliphatic rings. The van der Waals surface area contributed by atoms with Crippen LogP contribution in [0.3, 0.4) is 0 Å². The number of alkyl halides is 2. The Morgan fingerprint density at radius 1 is 1.10 bits per heavy atom. The SMILES string of the molecule is CCCCc1nc(C(C)(F)F)nn1Cc1ccc(Cc2cccc(C(=O)O)c2)cc1. The van der Waals surface area contributed by atoms with Gasteiger partial charge >= 0.3 is 11.9 Å². The van der Waals surface area contributed by atoms with E-state index in [0.717, 1.165) is 36.5 Å². The number of carbonyl (C=O) groups is 1. The van der Waals surface area contributed by atoms with Crippen molar-refractivity contribution in [2.45, 2.75) is 52.0 Å². The molecule has 3 aromatic rings. The molecule has 0 radical (unpaired) electrons. The summed E-state index contributed by atoms with van der Waals surface area (Å²) in [5.41, 5.74) is 3.15. The first-order valence-electron chi connectivity index (χ1n) is 9.98. The van der Waals surface area contributed by atoms with Gasteiger partial charge in [-0.1, -0.05) is 49.7 Å². The summed E-state index contributed by atoms with van der Waals surface area (Å²) >= 11 is 0. The van der Waals surface area contributed by atoms with Crippen LogP contribution in [0.2, 0.25) is 0 Å². The quantitative estimate of drug-likeness (QED) is 0.532. The number of carboxylic acids is 1. The molecule has 0 atom stereocenters. The van der Waals surface area contributed by atoms with Crippen molar-refractivity contribution < 1.29 is 18.7 Å². The summed E-state index contributed by atoms with van der Waals surface area (Å²) in [4.78, 5) is 15.2. The fraction of sp³-hybridized carbons (Fsp3) is 0.348. The summed E-state index contributed by atoms with van der Waals surface area (Å²) in [7, 11) is 0. The third kappa shape index (κ3) is 5.49. The van der Waals surface area contributed by atoms with Crippen LogP contribution in [0.15, 0.2) is 48.5 Å². The van der Waals surface area contributed by atoms with Crippen LogP contribution in [0.1, 0.15) is 65.4 Å². The Balaban J connectivity index is 1.75. The highest BCUT2D eigenvalue weighted by Gasteiger charge is 2.31. The Bertz CT molecular complexity index is 1010. The highest BCUT2D eigenvalue weighted by Crippen LogP contribution is 2.24. The molecular formula is C23H25F2N3O2. The minimum atomic E-state index is -3.07. The highest BCUT2D eigenvalue weighted by atomic mass is 19.3. The molecule has 0 amide bonds. The summed E-state index contributed by atoms with van der Waals surface area (Å²) < 4.78 is 28.9. The largest absolute Gasteiger partial charge is 0.478 e. The van der Waals surface area contributed by atoms with Crippen molar-refractivity contribution in [2.24, 2.45) is 0 Å². The first-order valence-corrected chi connectivity index (χ1v) is 9.98. The van der Waals surface area contributed by atoms with E-state index in [-0.39, 0.29) is 5.56 Å². The average molecular weight is 413 g/mol. The molecule has 1 N–H and O–H groups in total. The third-order valence-electron chi connectivity index (χ3n) is 4.83. The van der Waals surface area contributed by atoms with Crippen molar-refractivity contribution in [1.29, 1.82) is 0 Å². The Morgan fingerprint density at radius 2 is 1.80 bits per heavy atom. The van der Waals surface area contributed by atoms with Gasteiger partial charge in [0.15, 0.2) is 0 Å². The van der Waals surface area contributed by atoms with Crippen LogP contribution < -0.4 is 0 Å². The van der Waals surface area contributed by atoms with E-state index < -0.39 is 17.7 Å². The number of hydrogen-bond acceptors (Lipinski definition) is 3. The molecule has 0 saturated carbocycles. The molecule has 5 nitrogen and oxygen atoms in total. The second-order valence-electron chi connectivity index (χ2n) is 7.50. The number of aromatic carboxylic acids is 1. The van der Waals surface area contributed by atoms with Crippen LogP contribution in [0.4, 0.5) is 8.78 Å².